The van der Waals surface area contributed by atoms with Crippen molar-refractivity contribution >= 4 is 21.6 Å². The second-order valence-corrected chi connectivity index (χ2v) is 8.19. The molecule has 2 heterocycles. The van der Waals surface area contributed by atoms with Crippen LogP contribution in [0.2, 0.25) is 0 Å². The summed E-state index contributed by atoms with van der Waals surface area (Å²) in [6.07, 6.45) is 0.513. The molecule has 0 aliphatic carbocycles. The lowest BCUT2D eigenvalue weighted by Crippen LogP contribution is -2.33. The summed E-state index contributed by atoms with van der Waals surface area (Å²) in [5.74, 6) is 2.32. The number of rotatable bonds is 4. The van der Waals surface area contributed by atoms with Crippen LogP contribution in [0.1, 0.15) is 35.4 Å². The predicted octanol–water partition coefficient (Wildman–Crippen LogP) is 5.71. The standard InChI is InChI=1S/C24H21BrN2O3/c1-28-22-12-9-16(13-23(22)29-2)19-14-20-18-5-3-4-6-21(18)30-24(27(20)26-19)15-7-10-17(25)11-8-15/h3-13,20,24H,14H2,1-2H3/t20-,24+/m0/s1. The van der Waals surface area contributed by atoms with Crippen LogP contribution in [0.15, 0.2) is 76.3 Å². The molecule has 0 aromatic heterocycles. The largest absolute Gasteiger partial charge is 0.493 e. The molecule has 152 valence electrons. The molecule has 5 nitrogen and oxygen atoms in total. The summed E-state index contributed by atoms with van der Waals surface area (Å²) < 4.78 is 18.3. The second kappa shape index (κ2) is 7.69. The molecule has 5 rings (SSSR count). The van der Waals surface area contributed by atoms with Gasteiger partial charge in [0.05, 0.1) is 26.0 Å². The van der Waals surface area contributed by atoms with Gasteiger partial charge in [-0.1, -0.05) is 46.3 Å². The van der Waals surface area contributed by atoms with Gasteiger partial charge in [0.25, 0.3) is 0 Å². The first kappa shape index (κ1) is 19.0. The first-order valence-corrected chi connectivity index (χ1v) is 10.6. The average molecular weight is 465 g/mol. The molecule has 0 spiro atoms. The SMILES string of the molecule is COc1ccc(C2=NN3[C@@H](c4ccc(Br)cc4)Oc4ccccc4[C@@H]3C2)cc1OC. The van der Waals surface area contributed by atoms with E-state index >= 15 is 0 Å². The number of para-hydroxylation sites is 1. The molecule has 2 aliphatic heterocycles. The Labute approximate surface area is 184 Å². The highest BCUT2D eigenvalue weighted by molar-refractivity contribution is 9.10. The van der Waals surface area contributed by atoms with Gasteiger partial charge in [-0.15, -0.1) is 0 Å². The van der Waals surface area contributed by atoms with Crippen molar-refractivity contribution in [2.45, 2.75) is 18.7 Å². The van der Waals surface area contributed by atoms with E-state index in [2.05, 4.69) is 45.2 Å². The minimum absolute atomic E-state index is 0.117. The minimum atomic E-state index is -0.282. The molecule has 2 aliphatic rings. The van der Waals surface area contributed by atoms with Crippen LogP contribution in [-0.4, -0.2) is 24.9 Å². The molecule has 0 fully saturated rings. The number of methoxy groups -OCH3 is 2. The van der Waals surface area contributed by atoms with Gasteiger partial charge >= 0.3 is 0 Å². The van der Waals surface area contributed by atoms with E-state index in [1.165, 1.54) is 0 Å². The first-order valence-electron chi connectivity index (χ1n) is 9.77. The van der Waals surface area contributed by atoms with Gasteiger partial charge in [-0.3, -0.25) is 0 Å². The van der Waals surface area contributed by atoms with Crippen LogP contribution in [0.25, 0.3) is 0 Å². The molecule has 3 aromatic carbocycles. The highest BCUT2D eigenvalue weighted by atomic mass is 79.9. The van der Waals surface area contributed by atoms with Gasteiger partial charge in [0.15, 0.2) is 11.5 Å². The van der Waals surface area contributed by atoms with E-state index in [0.29, 0.717) is 11.5 Å². The Bertz CT molecular complexity index is 1110. The fourth-order valence-corrected chi connectivity index (χ4v) is 4.34. The maximum absolute atomic E-state index is 6.40. The summed E-state index contributed by atoms with van der Waals surface area (Å²) in [5, 5.41) is 7.09. The van der Waals surface area contributed by atoms with Crippen molar-refractivity contribution < 1.29 is 14.2 Å². The van der Waals surface area contributed by atoms with E-state index < -0.39 is 0 Å². The maximum Gasteiger partial charge on any atom is 0.213 e. The summed E-state index contributed by atoms with van der Waals surface area (Å²) in [6, 6.07) is 22.5. The molecule has 0 N–H and O–H groups in total. The van der Waals surface area contributed by atoms with Crippen molar-refractivity contribution in [1.29, 1.82) is 0 Å². The molecule has 0 unspecified atom stereocenters. The summed E-state index contributed by atoms with van der Waals surface area (Å²) in [6.45, 7) is 0. The van der Waals surface area contributed by atoms with Gasteiger partial charge in [-0.05, 0) is 36.4 Å². The molecular formula is C24H21BrN2O3. The van der Waals surface area contributed by atoms with Gasteiger partial charge in [-0.2, -0.15) is 5.10 Å². The molecule has 0 saturated carbocycles. The highest BCUT2D eigenvalue weighted by Gasteiger charge is 2.40. The van der Waals surface area contributed by atoms with E-state index in [1.807, 2.05) is 42.5 Å². The van der Waals surface area contributed by atoms with Crippen LogP contribution in [0.4, 0.5) is 0 Å². The number of hydrogen-bond acceptors (Lipinski definition) is 5. The lowest BCUT2D eigenvalue weighted by Gasteiger charge is -2.38. The Morgan fingerprint density at radius 1 is 0.967 bits per heavy atom. The summed E-state index contributed by atoms with van der Waals surface area (Å²) in [4.78, 5) is 0. The monoisotopic (exact) mass is 464 g/mol. The molecule has 0 amide bonds. The van der Waals surface area contributed by atoms with Gasteiger partial charge < -0.3 is 14.2 Å². The van der Waals surface area contributed by atoms with Crippen LogP contribution in [0.3, 0.4) is 0 Å². The fraction of sp³-hybridized carbons (Fsp3) is 0.208. The molecule has 30 heavy (non-hydrogen) atoms. The smallest absolute Gasteiger partial charge is 0.213 e. The molecule has 0 radical (unpaired) electrons. The van der Waals surface area contributed by atoms with Crippen LogP contribution in [-0.2, 0) is 0 Å². The Morgan fingerprint density at radius 2 is 1.73 bits per heavy atom. The van der Waals surface area contributed by atoms with Crippen LogP contribution >= 0.6 is 15.9 Å². The van der Waals surface area contributed by atoms with E-state index in [9.17, 15) is 0 Å². The quantitative estimate of drug-likeness (QED) is 0.495. The highest BCUT2D eigenvalue weighted by Crippen LogP contribution is 2.47. The van der Waals surface area contributed by atoms with Crippen molar-refractivity contribution in [2.24, 2.45) is 5.10 Å². The lowest BCUT2D eigenvalue weighted by atomic mass is 9.96. The Balaban J connectivity index is 1.57. The maximum atomic E-state index is 6.40. The molecule has 3 aromatic rings. The second-order valence-electron chi connectivity index (χ2n) is 7.28. The molecule has 6 heteroatoms. The first-order chi connectivity index (χ1) is 14.7. The normalized spacial score (nSPS) is 19.4. The van der Waals surface area contributed by atoms with Crippen molar-refractivity contribution in [3.8, 4) is 17.2 Å². The Morgan fingerprint density at radius 3 is 2.50 bits per heavy atom. The Hall–Kier alpha value is -2.99. The lowest BCUT2D eigenvalue weighted by molar-refractivity contribution is -0.0190. The zero-order valence-corrected chi connectivity index (χ0v) is 18.3. The van der Waals surface area contributed by atoms with Gasteiger partial charge in [0.1, 0.15) is 5.75 Å². The summed E-state index contributed by atoms with van der Waals surface area (Å²) in [5.41, 5.74) is 4.25. The van der Waals surface area contributed by atoms with Crippen molar-refractivity contribution in [3.05, 3.63) is 87.9 Å². The van der Waals surface area contributed by atoms with Gasteiger partial charge in [0, 0.05) is 27.6 Å². The van der Waals surface area contributed by atoms with Crippen molar-refractivity contribution in [1.82, 2.24) is 5.01 Å². The predicted molar refractivity (Wildman–Crippen MR) is 119 cm³/mol. The summed E-state index contributed by atoms with van der Waals surface area (Å²) >= 11 is 3.51. The number of nitrogens with zero attached hydrogens (tertiary/aromatic N) is 2. The van der Waals surface area contributed by atoms with E-state index in [0.717, 1.165) is 39.0 Å². The van der Waals surface area contributed by atoms with Gasteiger partial charge in [-0.25, -0.2) is 5.01 Å². The molecule has 2 atom stereocenters. The third kappa shape index (κ3) is 3.21. The van der Waals surface area contributed by atoms with Crippen LogP contribution < -0.4 is 14.2 Å². The Kier molecular flexibility index (Phi) is 4.87. The third-order valence-electron chi connectivity index (χ3n) is 5.57. The summed E-state index contributed by atoms with van der Waals surface area (Å²) in [7, 11) is 3.29. The number of halogens is 1. The van der Waals surface area contributed by atoms with Crippen molar-refractivity contribution in [2.75, 3.05) is 14.2 Å². The topological polar surface area (TPSA) is 43.3 Å². The number of ether oxygens (including phenoxy) is 3. The van der Waals surface area contributed by atoms with E-state index in [4.69, 9.17) is 19.3 Å². The number of hydrazone groups is 1. The molecule has 0 bridgehead atoms. The third-order valence-corrected chi connectivity index (χ3v) is 6.10. The zero-order chi connectivity index (χ0) is 20.7. The number of benzene rings is 3. The zero-order valence-electron chi connectivity index (χ0n) is 16.7. The molecule has 0 saturated heterocycles. The number of hydrogen-bond donors (Lipinski definition) is 0. The molecular weight excluding hydrogens is 444 g/mol. The van der Waals surface area contributed by atoms with Crippen LogP contribution in [0.5, 0.6) is 17.2 Å². The minimum Gasteiger partial charge on any atom is -0.493 e. The van der Waals surface area contributed by atoms with Crippen molar-refractivity contribution in [3.63, 3.8) is 0 Å². The van der Waals surface area contributed by atoms with E-state index in [-0.39, 0.29) is 12.3 Å². The van der Waals surface area contributed by atoms with E-state index in [1.54, 1.807) is 14.2 Å². The van der Waals surface area contributed by atoms with Crippen LogP contribution in [0, 0.1) is 0 Å². The van der Waals surface area contributed by atoms with Gasteiger partial charge in [0.2, 0.25) is 6.23 Å². The fourth-order valence-electron chi connectivity index (χ4n) is 4.07. The number of fused-ring (bicyclic) bond motifs is 3. The average Bonchev–Trinajstić information content (AvgIpc) is 3.24.